The Balaban J connectivity index is 1.84. The van der Waals surface area contributed by atoms with Gasteiger partial charge in [-0.1, -0.05) is 19.8 Å². The van der Waals surface area contributed by atoms with Crippen LogP contribution in [0.3, 0.4) is 0 Å². The molecular formula is C12H20N2O2. The Bertz CT molecular complexity index is 291. The van der Waals surface area contributed by atoms with Crippen LogP contribution in [0.1, 0.15) is 45.4 Å². The number of rotatable bonds is 2. The Morgan fingerprint density at radius 2 is 2.06 bits per heavy atom. The van der Waals surface area contributed by atoms with Crippen molar-refractivity contribution in [1.29, 1.82) is 0 Å². The van der Waals surface area contributed by atoms with Crippen LogP contribution in [0.15, 0.2) is 0 Å². The first-order chi connectivity index (χ1) is 7.66. The molecule has 2 rings (SSSR count). The van der Waals surface area contributed by atoms with Crippen molar-refractivity contribution in [2.75, 3.05) is 0 Å². The molecule has 1 aliphatic heterocycles. The van der Waals surface area contributed by atoms with Gasteiger partial charge in [-0.3, -0.25) is 9.59 Å². The Labute approximate surface area is 96.2 Å². The molecule has 0 aromatic heterocycles. The molecule has 1 saturated carbocycles. The van der Waals surface area contributed by atoms with E-state index in [-0.39, 0.29) is 17.9 Å². The molecule has 1 heterocycles. The molecule has 2 amide bonds. The van der Waals surface area contributed by atoms with Gasteiger partial charge in [-0.05, 0) is 25.2 Å². The summed E-state index contributed by atoms with van der Waals surface area (Å²) in [6, 6.07) is 0.0142. The zero-order valence-corrected chi connectivity index (χ0v) is 9.79. The smallest absolute Gasteiger partial charge is 0.242 e. The molecule has 4 heteroatoms. The first kappa shape index (κ1) is 11.4. The lowest BCUT2D eigenvalue weighted by Crippen LogP contribution is -2.48. The number of nitrogens with one attached hydrogen (secondary N) is 2. The van der Waals surface area contributed by atoms with Crippen molar-refractivity contribution >= 4 is 11.8 Å². The molecule has 3 unspecified atom stereocenters. The SMILES string of the molecule is CC1CCCCC1NC(=O)C1CCC(=O)N1. The van der Waals surface area contributed by atoms with Crippen LogP contribution >= 0.6 is 0 Å². The van der Waals surface area contributed by atoms with Crippen LogP contribution in [0.2, 0.25) is 0 Å². The molecule has 4 nitrogen and oxygen atoms in total. The molecule has 0 radical (unpaired) electrons. The van der Waals surface area contributed by atoms with Gasteiger partial charge in [-0.2, -0.15) is 0 Å². The fraction of sp³-hybridized carbons (Fsp3) is 0.833. The van der Waals surface area contributed by atoms with E-state index in [0.717, 1.165) is 6.42 Å². The van der Waals surface area contributed by atoms with Crippen molar-refractivity contribution in [3.8, 4) is 0 Å². The fourth-order valence-electron chi connectivity index (χ4n) is 2.62. The topological polar surface area (TPSA) is 58.2 Å². The van der Waals surface area contributed by atoms with Crippen LogP contribution in [0.4, 0.5) is 0 Å². The van der Waals surface area contributed by atoms with Crippen molar-refractivity contribution in [3.05, 3.63) is 0 Å². The standard InChI is InChI=1S/C12H20N2O2/c1-8-4-2-3-5-9(8)14-12(16)10-6-7-11(15)13-10/h8-10H,2-7H2,1H3,(H,13,15)(H,14,16). The molecule has 0 aromatic carbocycles. The molecule has 0 spiro atoms. The normalized spacial score (nSPS) is 34.6. The summed E-state index contributed by atoms with van der Waals surface area (Å²) in [5, 5.41) is 5.78. The summed E-state index contributed by atoms with van der Waals surface area (Å²) < 4.78 is 0. The molecule has 2 fully saturated rings. The third-order valence-corrected chi connectivity index (χ3v) is 3.75. The predicted molar refractivity (Wildman–Crippen MR) is 60.7 cm³/mol. The largest absolute Gasteiger partial charge is 0.351 e. The second-order valence-electron chi connectivity index (χ2n) is 5.04. The summed E-state index contributed by atoms with van der Waals surface area (Å²) >= 11 is 0. The molecule has 1 aliphatic carbocycles. The fourth-order valence-corrected chi connectivity index (χ4v) is 2.62. The van der Waals surface area contributed by atoms with E-state index in [9.17, 15) is 9.59 Å². The summed E-state index contributed by atoms with van der Waals surface area (Å²) in [7, 11) is 0. The number of hydrogen-bond donors (Lipinski definition) is 2. The van der Waals surface area contributed by atoms with E-state index >= 15 is 0 Å². The highest BCUT2D eigenvalue weighted by Gasteiger charge is 2.30. The van der Waals surface area contributed by atoms with Crippen LogP contribution in [-0.4, -0.2) is 23.9 Å². The monoisotopic (exact) mass is 224 g/mol. The third-order valence-electron chi connectivity index (χ3n) is 3.75. The number of hydrogen-bond acceptors (Lipinski definition) is 2. The van der Waals surface area contributed by atoms with Gasteiger partial charge < -0.3 is 10.6 Å². The molecule has 90 valence electrons. The number of carbonyl (C=O) groups excluding carboxylic acids is 2. The first-order valence-electron chi connectivity index (χ1n) is 6.26. The first-order valence-corrected chi connectivity index (χ1v) is 6.26. The van der Waals surface area contributed by atoms with Crippen LogP contribution in [0.5, 0.6) is 0 Å². The molecular weight excluding hydrogens is 204 g/mol. The van der Waals surface area contributed by atoms with Gasteiger partial charge >= 0.3 is 0 Å². The maximum atomic E-state index is 11.9. The summed E-state index contributed by atoms with van der Waals surface area (Å²) in [4.78, 5) is 22.9. The van der Waals surface area contributed by atoms with Gasteiger partial charge in [-0.25, -0.2) is 0 Å². The Morgan fingerprint density at radius 1 is 1.31 bits per heavy atom. The molecule has 0 aromatic rings. The van der Waals surface area contributed by atoms with E-state index in [1.165, 1.54) is 19.3 Å². The van der Waals surface area contributed by atoms with Crippen molar-refractivity contribution in [2.24, 2.45) is 5.92 Å². The minimum absolute atomic E-state index is 0.00292. The van der Waals surface area contributed by atoms with Crippen LogP contribution in [0, 0.1) is 5.92 Å². The van der Waals surface area contributed by atoms with Crippen LogP contribution in [-0.2, 0) is 9.59 Å². The van der Waals surface area contributed by atoms with E-state index in [1.807, 2.05) is 0 Å². The predicted octanol–water partition coefficient (Wildman–Crippen LogP) is 0.960. The van der Waals surface area contributed by atoms with E-state index < -0.39 is 0 Å². The highest BCUT2D eigenvalue weighted by atomic mass is 16.2. The number of amides is 2. The zero-order chi connectivity index (χ0) is 11.5. The Kier molecular flexibility index (Phi) is 3.46. The van der Waals surface area contributed by atoms with Crippen LogP contribution < -0.4 is 10.6 Å². The van der Waals surface area contributed by atoms with E-state index in [1.54, 1.807) is 0 Å². The second-order valence-corrected chi connectivity index (χ2v) is 5.04. The molecule has 2 N–H and O–H groups in total. The lowest BCUT2D eigenvalue weighted by atomic mass is 9.86. The summed E-state index contributed by atoms with van der Waals surface area (Å²) in [5.41, 5.74) is 0. The van der Waals surface area contributed by atoms with Crippen molar-refractivity contribution < 1.29 is 9.59 Å². The lowest BCUT2D eigenvalue weighted by molar-refractivity contribution is -0.126. The zero-order valence-electron chi connectivity index (χ0n) is 9.79. The summed E-state index contributed by atoms with van der Waals surface area (Å²) in [6.07, 6.45) is 5.87. The quantitative estimate of drug-likeness (QED) is 0.734. The number of carbonyl (C=O) groups is 2. The lowest BCUT2D eigenvalue weighted by Gasteiger charge is -2.30. The average molecular weight is 224 g/mol. The average Bonchev–Trinajstić information content (AvgIpc) is 2.68. The minimum atomic E-state index is -0.290. The van der Waals surface area contributed by atoms with Crippen LogP contribution in [0.25, 0.3) is 0 Å². The third kappa shape index (κ3) is 2.54. The maximum Gasteiger partial charge on any atom is 0.242 e. The summed E-state index contributed by atoms with van der Waals surface area (Å²) in [5.74, 6) is 0.566. The van der Waals surface area contributed by atoms with Crippen molar-refractivity contribution in [1.82, 2.24) is 10.6 Å². The summed E-state index contributed by atoms with van der Waals surface area (Å²) in [6.45, 7) is 2.19. The van der Waals surface area contributed by atoms with Gasteiger partial charge in [0, 0.05) is 12.5 Å². The maximum absolute atomic E-state index is 11.9. The Morgan fingerprint density at radius 3 is 2.69 bits per heavy atom. The Hall–Kier alpha value is -1.06. The van der Waals surface area contributed by atoms with Gasteiger partial charge in [0.1, 0.15) is 6.04 Å². The van der Waals surface area contributed by atoms with E-state index in [0.29, 0.717) is 24.8 Å². The van der Waals surface area contributed by atoms with Gasteiger partial charge in [-0.15, -0.1) is 0 Å². The molecule has 3 atom stereocenters. The van der Waals surface area contributed by atoms with Crippen molar-refractivity contribution in [2.45, 2.75) is 57.5 Å². The molecule has 1 saturated heterocycles. The van der Waals surface area contributed by atoms with Gasteiger partial charge in [0.05, 0.1) is 0 Å². The second kappa shape index (κ2) is 4.85. The van der Waals surface area contributed by atoms with E-state index in [4.69, 9.17) is 0 Å². The van der Waals surface area contributed by atoms with Gasteiger partial charge in [0.25, 0.3) is 0 Å². The van der Waals surface area contributed by atoms with E-state index in [2.05, 4.69) is 17.6 Å². The van der Waals surface area contributed by atoms with Gasteiger partial charge in [0.2, 0.25) is 11.8 Å². The minimum Gasteiger partial charge on any atom is -0.351 e. The van der Waals surface area contributed by atoms with Gasteiger partial charge in [0.15, 0.2) is 0 Å². The molecule has 2 aliphatic rings. The highest BCUT2D eigenvalue weighted by molar-refractivity contribution is 5.90. The molecule has 16 heavy (non-hydrogen) atoms. The molecule has 0 bridgehead atoms. The van der Waals surface area contributed by atoms with Crippen molar-refractivity contribution in [3.63, 3.8) is 0 Å². The highest BCUT2D eigenvalue weighted by Crippen LogP contribution is 2.24.